The Balaban J connectivity index is 2.27. The lowest BCUT2D eigenvalue weighted by atomic mass is 9.88. The number of carboxylic acid groups (broad SMARTS) is 1. The summed E-state index contributed by atoms with van der Waals surface area (Å²) in [5.74, 6) is -0.684. The van der Waals surface area contributed by atoms with Gasteiger partial charge in [0.15, 0.2) is 0 Å². The highest BCUT2D eigenvalue weighted by Gasteiger charge is 2.12. The number of benzene rings is 1. The monoisotopic (exact) mass is 389 g/mol. The van der Waals surface area contributed by atoms with E-state index in [1.54, 1.807) is 0 Å². The van der Waals surface area contributed by atoms with Gasteiger partial charge < -0.3 is 10.4 Å². The average Bonchev–Trinajstić information content (AvgIpc) is 2.70. The van der Waals surface area contributed by atoms with Crippen LogP contribution < -0.4 is 5.32 Å². The number of amides is 1. The third-order valence-corrected chi connectivity index (χ3v) is 5.32. The summed E-state index contributed by atoms with van der Waals surface area (Å²) < 4.78 is 0. The van der Waals surface area contributed by atoms with Gasteiger partial charge in [0.2, 0.25) is 5.91 Å². The fraction of sp³-hybridized carbons (Fsp3) is 0.667. The average molecular weight is 390 g/mol. The molecule has 0 aliphatic rings. The minimum absolute atomic E-state index is 0.169. The zero-order valence-corrected chi connectivity index (χ0v) is 17.6. The van der Waals surface area contributed by atoms with E-state index in [0.717, 1.165) is 19.3 Å². The lowest BCUT2D eigenvalue weighted by Gasteiger charge is -2.17. The third-order valence-electron chi connectivity index (χ3n) is 5.32. The topological polar surface area (TPSA) is 66.4 Å². The molecule has 1 aromatic rings. The molecule has 1 aromatic carbocycles. The van der Waals surface area contributed by atoms with Crippen molar-refractivity contribution < 1.29 is 14.7 Å². The number of nitrogens with one attached hydrogen (secondary N) is 1. The highest BCUT2D eigenvalue weighted by Crippen LogP contribution is 2.28. The van der Waals surface area contributed by atoms with Gasteiger partial charge in [0.05, 0.1) is 0 Å². The molecule has 0 aliphatic heterocycles. The van der Waals surface area contributed by atoms with E-state index >= 15 is 0 Å². The first kappa shape index (κ1) is 24.2. The predicted octanol–water partition coefficient (Wildman–Crippen LogP) is 6.06. The number of aliphatic carboxylic acids is 1. The second-order valence-electron chi connectivity index (χ2n) is 7.79. The molecule has 0 fully saturated rings. The molecule has 4 heteroatoms. The van der Waals surface area contributed by atoms with Crippen LogP contribution in [0, 0.1) is 0 Å². The second kappa shape index (κ2) is 16.1. The number of rotatable bonds is 17. The molecule has 1 rings (SSSR count). The van der Waals surface area contributed by atoms with Gasteiger partial charge in [-0.3, -0.25) is 9.59 Å². The number of carbonyl (C=O) groups excluding carboxylic acids is 1. The SMILES string of the molecule is CCCCCCCCCCC[C@H](CCCC(=O)NCC(=O)O)c1ccccc1. The molecule has 1 atom stereocenters. The van der Waals surface area contributed by atoms with Crippen LogP contribution in [0.4, 0.5) is 0 Å². The molecule has 0 unspecified atom stereocenters. The van der Waals surface area contributed by atoms with E-state index in [-0.39, 0.29) is 12.5 Å². The van der Waals surface area contributed by atoms with Crippen molar-refractivity contribution in [2.24, 2.45) is 0 Å². The molecule has 0 saturated heterocycles. The summed E-state index contributed by atoms with van der Waals surface area (Å²) >= 11 is 0. The Bertz CT molecular complexity index is 530. The Morgan fingerprint density at radius 1 is 0.857 bits per heavy atom. The van der Waals surface area contributed by atoms with Crippen molar-refractivity contribution in [3.05, 3.63) is 35.9 Å². The van der Waals surface area contributed by atoms with Crippen LogP contribution >= 0.6 is 0 Å². The smallest absolute Gasteiger partial charge is 0.322 e. The number of hydrogen-bond donors (Lipinski definition) is 2. The van der Waals surface area contributed by atoms with E-state index in [4.69, 9.17) is 5.11 Å². The van der Waals surface area contributed by atoms with E-state index in [2.05, 4.69) is 36.5 Å². The molecule has 28 heavy (non-hydrogen) atoms. The summed E-state index contributed by atoms with van der Waals surface area (Å²) in [6.45, 7) is 1.96. The van der Waals surface area contributed by atoms with Gasteiger partial charge in [-0.05, 0) is 30.7 Å². The van der Waals surface area contributed by atoms with Crippen molar-refractivity contribution in [1.82, 2.24) is 5.32 Å². The van der Waals surface area contributed by atoms with Crippen molar-refractivity contribution in [2.75, 3.05) is 6.54 Å². The maximum Gasteiger partial charge on any atom is 0.322 e. The van der Waals surface area contributed by atoms with Gasteiger partial charge in [-0.25, -0.2) is 0 Å². The van der Waals surface area contributed by atoms with Gasteiger partial charge in [-0.1, -0.05) is 95.0 Å². The fourth-order valence-electron chi connectivity index (χ4n) is 3.68. The van der Waals surface area contributed by atoms with Crippen LogP contribution in [0.1, 0.15) is 102 Å². The molecule has 0 bridgehead atoms. The molecule has 1 amide bonds. The number of carbonyl (C=O) groups is 2. The zero-order valence-electron chi connectivity index (χ0n) is 17.6. The van der Waals surface area contributed by atoms with Gasteiger partial charge >= 0.3 is 5.97 Å². The van der Waals surface area contributed by atoms with E-state index in [9.17, 15) is 9.59 Å². The molecule has 0 spiro atoms. The van der Waals surface area contributed by atoms with Crippen LogP contribution in [0.5, 0.6) is 0 Å². The van der Waals surface area contributed by atoms with E-state index in [0.29, 0.717) is 12.3 Å². The van der Waals surface area contributed by atoms with Gasteiger partial charge in [0.1, 0.15) is 6.54 Å². The first-order chi connectivity index (χ1) is 13.6. The van der Waals surface area contributed by atoms with Crippen LogP contribution in [0.15, 0.2) is 30.3 Å². The molecule has 0 radical (unpaired) electrons. The van der Waals surface area contributed by atoms with Crippen LogP contribution in [0.2, 0.25) is 0 Å². The quantitative estimate of drug-likeness (QED) is 0.318. The molecular formula is C24H39NO3. The van der Waals surface area contributed by atoms with Crippen molar-refractivity contribution in [3.63, 3.8) is 0 Å². The Kier molecular flexibility index (Phi) is 14.0. The van der Waals surface area contributed by atoms with Gasteiger partial charge in [0.25, 0.3) is 0 Å². The highest BCUT2D eigenvalue weighted by atomic mass is 16.4. The van der Waals surface area contributed by atoms with Crippen LogP contribution in [-0.2, 0) is 9.59 Å². The summed E-state index contributed by atoms with van der Waals surface area (Å²) in [6, 6.07) is 10.6. The third kappa shape index (κ3) is 12.5. The van der Waals surface area contributed by atoms with Crippen LogP contribution in [0.25, 0.3) is 0 Å². The van der Waals surface area contributed by atoms with Crippen LogP contribution in [0.3, 0.4) is 0 Å². The number of carboxylic acids is 1. The Morgan fingerprint density at radius 3 is 2.04 bits per heavy atom. The summed E-state index contributed by atoms with van der Waals surface area (Å²) in [4.78, 5) is 22.2. The summed E-state index contributed by atoms with van der Waals surface area (Å²) in [7, 11) is 0. The van der Waals surface area contributed by atoms with Crippen LogP contribution in [-0.4, -0.2) is 23.5 Å². The van der Waals surface area contributed by atoms with Gasteiger partial charge in [-0.15, -0.1) is 0 Å². The largest absolute Gasteiger partial charge is 0.480 e. The molecular weight excluding hydrogens is 350 g/mol. The summed E-state index contributed by atoms with van der Waals surface area (Å²) in [5, 5.41) is 11.1. The van der Waals surface area contributed by atoms with E-state index in [1.165, 1.54) is 63.4 Å². The zero-order chi connectivity index (χ0) is 20.5. The summed E-state index contributed by atoms with van der Waals surface area (Å²) in [6.07, 6.45) is 15.3. The normalized spacial score (nSPS) is 11.9. The lowest BCUT2D eigenvalue weighted by Crippen LogP contribution is -2.28. The molecule has 0 aliphatic carbocycles. The van der Waals surface area contributed by atoms with Crippen molar-refractivity contribution in [1.29, 1.82) is 0 Å². The molecule has 0 aromatic heterocycles. The second-order valence-corrected chi connectivity index (χ2v) is 7.79. The molecule has 4 nitrogen and oxygen atoms in total. The van der Waals surface area contributed by atoms with Gasteiger partial charge in [-0.2, -0.15) is 0 Å². The van der Waals surface area contributed by atoms with Gasteiger partial charge in [0, 0.05) is 6.42 Å². The lowest BCUT2D eigenvalue weighted by molar-refractivity contribution is -0.137. The molecule has 158 valence electrons. The fourth-order valence-corrected chi connectivity index (χ4v) is 3.68. The van der Waals surface area contributed by atoms with Crippen molar-refractivity contribution in [2.45, 2.75) is 96.3 Å². The molecule has 0 heterocycles. The number of hydrogen-bond acceptors (Lipinski definition) is 2. The molecule has 0 saturated carbocycles. The first-order valence-corrected chi connectivity index (χ1v) is 11.2. The van der Waals surface area contributed by atoms with Crippen molar-refractivity contribution >= 4 is 11.9 Å². The standard InChI is InChI=1S/C24H39NO3/c1-2-3-4-5-6-7-8-9-11-15-22(21-16-12-10-13-17-21)18-14-19-23(26)25-20-24(27)28/h10,12-13,16-17,22H,2-9,11,14-15,18-20H2,1H3,(H,25,26)(H,27,28)/t22-/m1/s1. The maximum absolute atomic E-state index is 11.7. The number of unbranched alkanes of at least 4 members (excludes halogenated alkanes) is 8. The first-order valence-electron chi connectivity index (χ1n) is 11.2. The predicted molar refractivity (Wildman–Crippen MR) is 116 cm³/mol. The van der Waals surface area contributed by atoms with Crippen molar-refractivity contribution in [3.8, 4) is 0 Å². The van der Waals surface area contributed by atoms with E-state index < -0.39 is 5.97 Å². The summed E-state index contributed by atoms with van der Waals surface area (Å²) in [5.41, 5.74) is 1.35. The highest BCUT2D eigenvalue weighted by molar-refractivity contribution is 5.80. The van der Waals surface area contributed by atoms with E-state index in [1.807, 2.05) is 6.07 Å². The molecule has 2 N–H and O–H groups in total. The minimum atomic E-state index is -0.999. The Morgan fingerprint density at radius 2 is 1.43 bits per heavy atom. The Hall–Kier alpha value is -1.84. The minimum Gasteiger partial charge on any atom is -0.480 e. The maximum atomic E-state index is 11.7. The Labute approximate surface area is 171 Å².